The monoisotopic (exact) mass is 352 g/mol. The van der Waals surface area contributed by atoms with Crippen molar-refractivity contribution in [3.8, 4) is 0 Å². The second-order valence-electron chi connectivity index (χ2n) is 6.00. The van der Waals surface area contributed by atoms with Gasteiger partial charge in [-0.3, -0.25) is 10.1 Å². The Morgan fingerprint density at radius 2 is 2.09 bits per heavy atom. The topological polar surface area (TPSA) is 92.5 Å². The largest absolute Gasteiger partial charge is 0.390 e. The normalized spacial score (nSPS) is 27.1. The molecular formula is C13H15F3N2O4S. The van der Waals surface area contributed by atoms with E-state index in [1.165, 1.54) is 13.8 Å². The minimum absolute atomic E-state index is 0.474. The van der Waals surface area contributed by atoms with Gasteiger partial charge >= 0.3 is 0 Å². The molecular weight excluding hydrogens is 337 g/mol. The first-order chi connectivity index (χ1) is 10.5. The van der Waals surface area contributed by atoms with E-state index < -0.39 is 62.2 Å². The van der Waals surface area contributed by atoms with Crippen LogP contribution in [0.1, 0.15) is 25.8 Å². The molecule has 0 aromatic heterocycles. The highest BCUT2D eigenvalue weighted by atomic mass is 32.2. The quantitative estimate of drug-likeness (QED) is 0.640. The van der Waals surface area contributed by atoms with Crippen molar-refractivity contribution in [2.45, 2.75) is 36.5 Å². The van der Waals surface area contributed by atoms with Crippen LogP contribution in [-0.2, 0) is 16.5 Å². The molecule has 23 heavy (non-hydrogen) atoms. The van der Waals surface area contributed by atoms with Crippen molar-refractivity contribution >= 4 is 16.7 Å². The molecule has 1 aromatic rings. The zero-order valence-electron chi connectivity index (χ0n) is 12.3. The molecule has 1 aliphatic rings. The standard InChI is InChI=1S/C13H15F3N2O4S/c1-11(2)6-12(17-23(11)22,13(15,16)7-19)9-5-8(18(20)21)3-4-10(9)14/h3-5,17,19H,6-7H2,1-2H3/t12-,23?/m1/s1. The van der Waals surface area contributed by atoms with E-state index in [4.69, 9.17) is 5.11 Å². The Labute approximate surface area is 132 Å². The van der Waals surface area contributed by atoms with Gasteiger partial charge in [0.2, 0.25) is 0 Å². The van der Waals surface area contributed by atoms with Crippen molar-refractivity contribution in [2.75, 3.05) is 6.61 Å². The molecule has 0 bridgehead atoms. The molecule has 1 fully saturated rings. The first-order valence-corrected chi connectivity index (χ1v) is 7.75. The molecule has 0 aliphatic carbocycles. The van der Waals surface area contributed by atoms with Crippen LogP contribution in [0.2, 0.25) is 0 Å². The molecule has 1 aliphatic heterocycles. The summed E-state index contributed by atoms with van der Waals surface area (Å²) < 4.78 is 56.2. The number of alkyl halides is 2. The lowest BCUT2D eigenvalue weighted by molar-refractivity contribution is -0.385. The van der Waals surface area contributed by atoms with Crippen LogP contribution in [0.4, 0.5) is 18.9 Å². The molecule has 2 N–H and O–H groups in total. The van der Waals surface area contributed by atoms with Crippen LogP contribution in [0.25, 0.3) is 0 Å². The molecule has 0 radical (unpaired) electrons. The van der Waals surface area contributed by atoms with Crippen molar-refractivity contribution in [3.63, 3.8) is 0 Å². The fraction of sp³-hybridized carbons (Fsp3) is 0.538. The van der Waals surface area contributed by atoms with Crippen LogP contribution in [0.5, 0.6) is 0 Å². The number of aliphatic hydroxyl groups excluding tert-OH is 1. The average Bonchev–Trinajstić information content (AvgIpc) is 2.70. The van der Waals surface area contributed by atoms with E-state index in [-0.39, 0.29) is 0 Å². The number of benzene rings is 1. The third-order valence-electron chi connectivity index (χ3n) is 3.90. The van der Waals surface area contributed by atoms with Crippen LogP contribution in [0.15, 0.2) is 18.2 Å². The molecule has 1 saturated heterocycles. The number of halogens is 3. The number of nitrogens with zero attached hydrogens (tertiary/aromatic N) is 1. The minimum atomic E-state index is -3.88. The van der Waals surface area contributed by atoms with Gasteiger partial charge in [-0.2, -0.15) is 0 Å². The maximum atomic E-state index is 14.4. The van der Waals surface area contributed by atoms with Gasteiger partial charge in [-0.15, -0.1) is 0 Å². The summed E-state index contributed by atoms with van der Waals surface area (Å²) in [6, 6.07) is 2.24. The summed E-state index contributed by atoms with van der Waals surface area (Å²) in [4.78, 5) is 10.0. The van der Waals surface area contributed by atoms with Gasteiger partial charge in [-0.25, -0.2) is 22.1 Å². The lowest BCUT2D eigenvalue weighted by Crippen LogP contribution is -2.55. The first kappa shape index (κ1) is 17.8. The Hall–Kier alpha value is -1.52. The van der Waals surface area contributed by atoms with Gasteiger partial charge in [0.1, 0.15) is 18.0 Å². The van der Waals surface area contributed by atoms with Crippen LogP contribution in [0, 0.1) is 15.9 Å². The summed E-state index contributed by atoms with van der Waals surface area (Å²) in [7, 11) is -1.95. The predicted octanol–water partition coefficient (Wildman–Crippen LogP) is 1.99. The number of nitro groups is 1. The van der Waals surface area contributed by atoms with Gasteiger partial charge in [0, 0.05) is 17.7 Å². The van der Waals surface area contributed by atoms with E-state index in [9.17, 15) is 27.5 Å². The summed E-state index contributed by atoms with van der Waals surface area (Å²) in [6.45, 7) is 1.26. The second kappa shape index (κ2) is 5.53. The van der Waals surface area contributed by atoms with E-state index in [1.807, 2.05) is 0 Å². The van der Waals surface area contributed by atoms with Crippen molar-refractivity contribution in [1.82, 2.24) is 4.72 Å². The molecule has 10 heteroatoms. The third kappa shape index (κ3) is 2.74. The van der Waals surface area contributed by atoms with Crippen LogP contribution >= 0.6 is 0 Å². The van der Waals surface area contributed by atoms with Crippen molar-refractivity contribution < 1.29 is 27.4 Å². The maximum absolute atomic E-state index is 14.4. The van der Waals surface area contributed by atoms with Crippen LogP contribution < -0.4 is 4.72 Å². The molecule has 6 nitrogen and oxygen atoms in total. The van der Waals surface area contributed by atoms with Crippen LogP contribution in [-0.4, -0.2) is 31.5 Å². The first-order valence-electron chi connectivity index (χ1n) is 6.60. The molecule has 1 heterocycles. The van der Waals surface area contributed by atoms with E-state index in [1.54, 1.807) is 0 Å². The lowest BCUT2D eigenvalue weighted by atomic mass is 9.77. The number of rotatable bonds is 4. The molecule has 0 spiro atoms. The zero-order valence-corrected chi connectivity index (χ0v) is 13.1. The smallest absolute Gasteiger partial charge is 0.293 e. The highest BCUT2D eigenvalue weighted by Crippen LogP contribution is 2.50. The highest BCUT2D eigenvalue weighted by Gasteiger charge is 2.63. The molecule has 1 aromatic carbocycles. The van der Waals surface area contributed by atoms with Crippen molar-refractivity contribution in [3.05, 3.63) is 39.7 Å². The van der Waals surface area contributed by atoms with Gasteiger partial charge in [0.15, 0.2) is 0 Å². The number of nitrogens with one attached hydrogen (secondary N) is 1. The van der Waals surface area contributed by atoms with E-state index in [0.717, 1.165) is 6.07 Å². The van der Waals surface area contributed by atoms with E-state index >= 15 is 0 Å². The average molecular weight is 352 g/mol. The Bertz CT molecular complexity index is 683. The molecule has 0 amide bonds. The third-order valence-corrected chi connectivity index (χ3v) is 5.59. The summed E-state index contributed by atoms with van der Waals surface area (Å²) in [5.74, 6) is -4.99. The summed E-state index contributed by atoms with van der Waals surface area (Å²) >= 11 is 0. The highest BCUT2D eigenvalue weighted by molar-refractivity contribution is 7.84. The van der Waals surface area contributed by atoms with Gasteiger partial charge in [0.05, 0.1) is 20.7 Å². The minimum Gasteiger partial charge on any atom is -0.390 e. The molecule has 128 valence electrons. The maximum Gasteiger partial charge on any atom is 0.293 e. The number of aliphatic hydroxyl groups is 1. The van der Waals surface area contributed by atoms with Crippen LogP contribution in [0.3, 0.4) is 0 Å². The second-order valence-corrected chi connectivity index (χ2v) is 7.84. The van der Waals surface area contributed by atoms with E-state index in [2.05, 4.69) is 4.72 Å². The zero-order chi connectivity index (χ0) is 17.6. The van der Waals surface area contributed by atoms with Gasteiger partial charge in [-0.05, 0) is 26.3 Å². The Morgan fingerprint density at radius 3 is 2.52 bits per heavy atom. The summed E-state index contributed by atoms with van der Waals surface area (Å²) in [5.41, 5.74) is -3.77. The summed E-state index contributed by atoms with van der Waals surface area (Å²) in [6.07, 6.45) is -0.474. The van der Waals surface area contributed by atoms with Gasteiger partial charge in [-0.1, -0.05) is 0 Å². The SMILES string of the molecule is CC1(C)C[C@@](c2cc([N+](=O)[O-])ccc2F)(C(F)(F)CO)NS1=O. The Kier molecular flexibility index (Phi) is 4.29. The molecule has 2 atom stereocenters. The van der Waals surface area contributed by atoms with Gasteiger partial charge in [0.25, 0.3) is 11.6 Å². The number of hydrogen-bond acceptors (Lipinski definition) is 4. The molecule has 0 saturated carbocycles. The number of hydrogen-bond donors (Lipinski definition) is 2. The van der Waals surface area contributed by atoms with Crippen molar-refractivity contribution in [2.24, 2.45) is 0 Å². The van der Waals surface area contributed by atoms with Gasteiger partial charge < -0.3 is 5.11 Å². The fourth-order valence-electron chi connectivity index (χ4n) is 2.68. The molecule has 2 rings (SSSR count). The fourth-order valence-corrected chi connectivity index (χ4v) is 3.95. The Morgan fingerprint density at radius 1 is 1.48 bits per heavy atom. The number of non-ortho nitro benzene ring substituents is 1. The molecule has 1 unspecified atom stereocenters. The summed E-state index contributed by atoms with van der Waals surface area (Å²) in [5, 5.41) is 19.9. The van der Waals surface area contributed by atoms with E-state index in [0.29, 0.717) is 12.1 Å². The lowest BCUT2D eigenvalue weighted by Gasteiger charge is -2.36. The predicted molar refractivity (Wildman–Crippen MR) is 76.7 cm³/mol. The number of nitro benzene ring substituents is 1. The Balaban J connectivity index is 2.73. The van der Waals surface area contributed by atoms with Crippen molar-refractivity contribution in [1.29, 1.82) is 0 Å².